The highest BCUT2D eigenvalue weighted by atomic mass is 19.1. The van der Waals surface area contributed by atoms with Gasteiger partial charge < -0.3 is 10.6 Å². The highest BCUT2D eigenvalue weighted by molar-refractivity contribution is 6.05. The van der Waals surface area contributed by atoms with E-state index >= 15 is 0 Å². The van der Waals surface area contributed by atoms with Crippen LogP contribution < -0.4 is 10.6 Å². The van der Waals surface area contributed by atoms with E-state index in [-0.39, 0.29) is 11.8 Å². The maximum absolute atomic E-state index is 13.1. The van der Waals surface area contributed by atoms with Crippen molar-refractivity contribution in [2.75, 3.05) is 11.9 Å². The molecule has 0 radical (unpaired) electrons. The number of anilines is 1. The molecule has 4 nitrogen and oxygen atoms in total. The van der Waals surface area contributed by atoms with Gasteiger partial charge in [-0.25, -0.2) is 4.39 Å². The molecule has 120 valence electrons. The summed E-state index contributed by atoms with van der Waals surface area (Å²) in [5.41, 5.74) is 1.29. The Kier molecular flexibility index (Phi) is 5.86. The maximum Gasteiger partial charge on any atom is 0.255 e. The third-order valence-electron chi connectivity index (χ3n) is 3.31. The molecule has 0 aliphatic rings. The summed E-state index contributed by atoms with van der Waals surface area (Å²) in [5, 5.41) is 5.42. The fourth-order valence-electron chi connectivity index (χ4n) is 2.02. The third-order valence-corrected chi connectivity index (χ3v) is 3.31. The summed E-state index contributed by atoms with van der Waals surface area (Å²) in [6.45, 7) is 2.69. The van der Waals surface area contributed by atoms with Crippen LogP contribution in [-0.2, 0) is 0 Å². The van der Waals surface area contributed by atoms with Crippen molar-refractivity contribution < 1.29 is 14.0 Å². The van der Waals surface area contributed by atoms with Crippen molar-refractivity contribution in [3.63, 3.8) is 0 Å². The van der Waals surface area contributed by atoms with E-state index < -0.39 is 5.82 Å². The van der Waals surface area contributed by atoms with Crippen molar-refractivity contribution in [1.29, 1.82) is 0 Å². The first-order valence-electron chi connectivity index (χ1n) is 7.55. The van der Waals surface area contributed by atoms with Gasteiger partial charge in [0, 0.05) is 23.4 Å². The molecular weight excluding hydrogens is 295 g/mol. The molecule has 2 N–H and O–H groups in total. The summed E-state index contributed by atoms with van der Waals surface area (Å²) < 4.78 is 13.1. The minimum Gasteiger partial charge on any atom is -0.352 e. The van der Waals surface area contributed by atoms with Gasteiger partial charge in [0.1, 0.15) is 5.82 Å². The average molecular weight is 314 g/mol. The van der Waals surface area contributed by atoms with Gasteiger partial charge in [-0.15, -0.1) is 0 Å². The Hall–Kier alpha value is -2.69. The van der Waals surface area contributed by atoms with Crippen molar-refractivity contribution in [3.05, 3.63) is 65.5 Å². The van der Waals surface area contributed by atoms with Crippen LogP contribution in [0.1, 0.15) is 40.5 Å². The van der Waals surface area contributed by atoms with E-state index in [0.29, 0.717) is 23.4 Å². The molecule has 2 amide bonds. The Bertz CT molecular complexity index is 684. The number of rotatable bonds is 6. The number of amides is 2. The highest BCUT2D eigenvalue weighted by Crippen LogP contribution is 2.12. The molecule has 2 rings (SSSR count). The fourth-order valence-corrected chi connectivity index (χ4v) is 2.02. The largest absolute Gasteiger partial charge is 0.352 e. The topological polar surface area (TPSA) is 58.2 Å². The predicted molar refractivity (Wildman–Crippen MR) is 88.0 cm³/mol. The van der Waals surface area contributed by atoms with E-state index in [1.807, 2.05) is 0 Å². The molecule has 0 aromatic heterocycles. The zero-order valence-electron chi connectivity index (χ0n) is 12.9. The van der Waals surface area contributed by atoms with Crippen LogP contribution in [0.4, 0.5) is 10.1 Å². The maximum atomic E-state index is 13.1. The molecule has 0 fully saturated rings. The summed E-state index contributed by atoms with van der Waals surface area (Å²) in [5.74, 6) is -0.925. The lowest BCUT2D eigenvalue weighted by Gasteiger charge is -2.07. The first kappa shape index (κ1) is 16.7. The Labute approximate surface area is 134 Å². The normalized spacial score (nSPS) is 10.2. The smallest absolute Gasteiger partial charge is 0.255 e. The molecule has 23 heavy (non-hydrogen) atoms. The van der Waals surface area contributed by atoms with E-state index in [1.54, 1.807) is 30.3 Å². The molecule has 0 saturated carbocycles. The van der Waals surface area contributed by atoms with E-state index in [2.05, 4.69) is 17.6 Å². The lowest BCUT2D eigenvalue weighted by Crippen LogP contribution is -2.24. The van der Waals surface area contributed by atoms with Crippen LogP contribution in [0.15, 0.2) is 48.5 Å². The molecule has 0 spiro atoms. The molecule has 0 aliphatic carbocycles. The Balaban J connectivity index is 1.98. The van der Waals surface area contributed by atoms with Gasteiger partial charge in [0.2, 0.25) is 0 Å². The van der Waals surface area contributed by atoms with Crippen LogP contribution >= 0.6 is 0 Å². The third kappa shape index (κ3) is 4.92. The predicted octanol–water partition coefficient (Wildman–Crippen LogP) is 3.61. The second-order valence-electron chi connectivity index (χ2n) is 5.15. The van der Waals surface area contributed by atoms with Crippen LogP contribution in [0.2, 0.25) is 0 Å². The van der Waals surface area contributed by atoms with E-state index in [9.17, 15) is 14.0 Å². The first-order chi connectivity index (χ1) is 11.1. The van der Waals surface area contributed by atoms with Gasteiger partial charge in [0.25, 0.3) is 11.8 Å². The summed E-state index contributed by atoms with van der Waals surface area (Å²) in [6, 6.07) is 12.0. The fraction of sp³-hybridized carbons (Fsp3) is 0.222. The van der Waals surface area contributed by atoms with Gasteiger partial charge in [-0.1, -0.05) is 19.4 Å². The quantitative estimate of drug-likeness (QED) is 0.800. The van der Waals surface area contributed by atoms with Crippen molar-refractivity contribution in [2.45, 2.75) is 19.8 Å². The standard InChI is InChI=1S/C18H19FN2O2/c1-2-3-11-20-17(22)13-7-9-14(10-8-13)18(23)21-16-6-4-5-15(19)12-16/h4-10,12H,2-3,11H2,1H3,(H,20,22)(H,21,23). The average Bonchev–Trinajstić information content (AvgIpc) is 2.55. The minimum atomic E-state index is -0.415. The van der Waals surface area contributed by atoms with Gasteiger partial charge in [-0.3, -0.25) is 9.59 Å². The Morgan fingerprint density at radius 2 is 1.65 bits per heavy atom. The lowest BCUT2D eigenvalue weighted by atomic mass is 10.1. The molecular formula is C18H19FN2O2. The number of halogens is 1. The number of hydrogen-bond acceptors (Lipinski definition) is 2. The van der Waals surface area contributed by atoms with E-state index in [4.69, 9.17) is 0 Å². The molecule has 2 aromatic carbocycles. The Morgan fingerprint density at radius 1 is 1.00 bits per heavy atom. The number of unbranched alkanes of at least 4 members (excludes halogenated alkanes) is 1. The molecule has 0 heterocycles. The Morgan fingerprint density at radius 3 is 2.26 bits per heavy atom. The highest BCUT2D eigenvalue weighted by Gasteiger charge is 2.09. The number of nitrogens with one attached hydrogen (secondary N) is 2. The SMILES string of the molecule is CCCCNC(=O)c1ccc(C(=O)Nc2cccc(F)c2)cc1. The van der Waals surface area contributed by atoms with Crippen LogP contribution in [0, 0.1) is 5.82 Å². The van der Waals surface area contributed by atoms with Crippen LogP contribution in [0.5, 0.6) is 0 Å². The van der Waals surface area contributed by atoms with Crippen molar-refractivity contribution in [2.24, 2.45) is 0 Å². The molecule has 0 bridgehead atoms. The van der Waals surface area contributed by atoms with Gasteiger partial charge in [0.05, 0.1) is 0 Å². The zero-order chi connectivity index (χ0) is 16.7. The van der Waals surface area contributed by atoms with Crippen molar-refractivity contribution in [3.8, 4) is 0 Å². The summed E-state index contributed by atoms with van der Waals surface area (Å²) >= 11 is 0. The number of carbonyl (C=O) groups is 2. The van der Waals surface area contributed by atoms with Crippen molar-refractivity contribution in [1.82, 2.24) is 5.32 Å². The molecule has 0 unspecified atom stereocenters. The second kappa shape index (κ2) is 8.08. The van der Waals surface area contributed by atoms with Crippen LogP contribution in [0.25, 0.3) is 0 Å². The molecule has 0 aliphatic heterocycles. The minimum absolute atomic E-state index is 0.157. The van der Waals surface area contributed by atoms with E-state index in [1.165, 1.54) is 18.2 Å². The number of benzene rings is 2. The number of carbonyl (C=O) groups excluding carboxylic acids is 2. The monoisotopic (exact) mass is 314 g/mol. The summed E-state index contributed by atoms with van der Waals surface area (Å²) in [6.07, 6.45) is 1.94. The molecule has 0 saturated heterocycles. The van der Waals surface area contributed by atoms with Crippen molar-refractivity contribution >= 4 is 17.5 Å². The summed E-state index contributed by atoms with van der Waals surface area (Å²) in [7, 11) is 0. The van der Waals surface area contributed by atoms with Crippen LogP contribution in [0.3, 0.4) is 0 Å². The summed E-state index contributed by atoms with van der Waals surface area (Å²) in [4.78, 5) is 24.0. The molecule has 5 heteroatoms. The van der Waals surface area contributed by atoms with Gasteiger partial charge in [-0.2, -0.15) is 0 Å². The zero-order valence-corrected chi connectivity index (χ0v) is 12.9. The number of hydrogen-bond donors (Lipinski definition) is 2. The second-order valence-corrected chi connectivity index (χ2v) is 5.15. The van der Waals surface area contributed by atoms with E-state index in [0.717, 1.165) is 12.8 Å². The first-order valence-corrected chi connectivity index (χ1v) is 7.55. The van der Waals surface area contributed by atoms with Crippen LogP contribution in [-0.4, -0.2) is 18.4 Å². The van der Waals surface area contributed by atoms with Gasteiger partial charge >= 0.3 is 0 Å². The van der Waals surface area contributed by atoms with Gasteiger partial charge in [-0.05, 0) is 48.9 Å². The molecule has 2 aromatic rings. The molecule has 0 atom stereocenters. The van der Waals surface area contributed by atoms with Gasteiger partial charge in [0.15, 0.2) is 0 Å². The lowest BCUT2D eigenvalue weighted by molar-refractivity contribution is 0.0951.